The average Bonchev–Trinajstić information content (AvgIpc) is 3.38. The molecule has 2 aromatic heterocycles. The number of nitrogens with one attached hydrogen (secondary N) is 1. The summed E-state index contributed by atoms with van der Waals surface area (Å²) in [6.45, 7) is 7.55. The van der Waals surface area contributed by atoms with Crippen LogP contribution in [0.15, 0.2) is 36.5 Å². The van der Waals surface area contributed by atoms with E-state index in [1.807, 2.05) is 0 Å². The van der Waals surface area contributed by atoms with Crippen LogP contribution in [0.2, 0.25) is 0 Å². The van der Waals surface area contributed by atoms with Gasteiger partial charge in [-0.15, -0.1) is 0 Å². The fourth-order valence-electron chi connectivity index (χ4n) is 4.40. The van der Waals surface area contributed by atoms with Crippen molar-refractivity contribution in [2.45, 2.75) is 26.6 Å². The van der Waals surface area contributed by atoms with E-state index >= 15 is 0 Å². The van der Waals surface area contributed by atoms with Gasteiger partial charge in [0.1, 0.15) is 5.82 Å². The summed E-state index contributed by atoms with van der Waals surface area (Å²) >= 11 is 0. The number of ether oxygens (including phenoxy) is 3. The molecule has 0 aliphatic carbocycles. The molecule has 38 heavy (non-hydrogen) atoms. The van der Waals surface area contributed by atoms with Crippen molar-refractivity contribution in [3.8, 4) is 22.6 Å². The van der Waals surface area contributed by atoms with Gasteiger partial charge in [0.05, 0.1) is 48.9 Å². The van der Waals surface area contributed by atoms with Crippen molar-refractivity contribution in [3.05, 3.63) is 48.2 Å². The number of imidazole rings is 1. The van der Waals surface area contributed by atoms with E-state index in [4.69, 9.17) is 29.9 Å². The zero-order chi connectivity index (χ0) is 26.7. The van der Waals surface area contributed by atoms with Crippen LogP contribution in [0, 0.1) is 11.2 Å². The number of morpholine rings is 1. The van der Waals surface area contributed by atoms with E-state index in [0.29, 0.717) is 47.6 Å². The van der Waals surface area contributed by atoms with Crippen molar-refractivity contribution in [1.29, 1.82) is 0 Å². The number of hydrazine groups is 1. The number of anilines is 1. The molecule has 0 bridgehead atoms. The monoisotopic (exact) mass is 525 g/mol. The second kappa shape index (κ2) is 11.1. The number of nitrogens with two attached hydrogens (primary N) is 1. The minimum atomic E-state index is -0.921. The third-order valence-corrected chi connectivity index (χ3v) is 6.66. The first-order valence-corrected chi connectivity index (χ1v) is 12.7. The number of halogens is 1. The molecule has 0 saturated carbocycles. The molecule has 11 nitrogen and oxygen atoms in total. The van der Waals surface area contributed by atoms with E-state index in [-0.39, 0.29) is 19.0 Å². The predicted octanol–water partition coefficient (Wildman–Crippen LogP) is 2.67. The summed E-state index contributed by atoms with van der Waals surface area (Å²) < 4.78 is 30.9. The summed E-state index contributed by atoms with van der Waals surface area (Å²) in [6.07, 6.45) is 1.80. The molecule has 0 atom stereocenters. The maximum Gasteiger partial charge on any atom is 0.240 e. The first kappa shape index (κ1) is 26.2. The molecule has 2 aliphatic heterocycles. The van der Waals surface area contributed by atoms with Gasteiger partial charge in [0, 0.05) is 31.4 Å². The van der Waals surface area contributed by atoms with Crippen LogP contribution in [0.1, 0.15) is 32.4 Å². The fourth-order valence-corrected chi connectivity index (χ4v) is 4.40. The van der Waals surface area contributed by atoms with E-state index in [9.17, 15) is 9.18 Å². The summed E-state index contributed by atoms with van der Waals surface area (Å²) in [5.41, 5.74) is 7.07. The molecule has 2 aliphatic rings. The molecule has 1 amide bonds. The van der Waals surface area contributed by atoms with Crippen molar-refractivity contribution < 1.29 is 23.4 Å². The summed E-state index contributed by atoms with van der Waals surface area (Å²) in [7, 11) is 0. The number of nitrogens with zero attached hydrogens (tertiary/aromatic N) is 5. The third-order valence-electron chi connectivity index (χ3n) is 6.66. The molecule has 12 heteroatoms. The van der Waals surface area contributed by atoms with Gasteiger partial charge in [0.15, 0.2) is 5.82 Å². The predicted molar refractivity (Wildman–Crippen MR) is 137 cm³/mol. The number of carbonyl (C=O) groups excluding carboxylic acids is 1. The van der Waals surface area contributed by atoms with E-state index in [1.54, 1.807) is 31.3 Å². The van der Waals surface area contributed by atoms with E-state index in [0.717, 1.165) is 26.1 Å². The summed E-state index contributed by atoms with van der Waals surface area (Å²) in [5, 5.41) is 4.28. The normalized spacial score (nSPS) is 22.3. The number of carbonyl (C=O) groups is 1. The number of hydrogen-bond donors (Lipinski definition) is 2. The van der Waals surface area contributed by atoms with E-state index in [2.05, 4.69) is 26.9 Å². The van der Waals surface area contributed by atoms with Crippen LogP contribution < -0.4 is 10.7 Å². The highest BCUT2D eigenvalue weighted by Gasteiger charge is 2.39. The molecule has 2 fully saturated rings. The van der Waals surface area contributed by atoms with Gasteiger partial charge in [-0.25, -0.2) is 24.4 Å². The Balaban J connectivity index is 1.51. The topological polar surface area (TPSA) is 132 Å². The van der Waals surface area contributed by atoms with Gasteiger partial charge in [0.2, 0.25) is 18.1 Å². The third kappa shape index (κ3) is 5.39. The highest BCUT2D eigenvalue weighted by molar-refractivity contribution is 5.81. The highest BCUT2D eigenvalue weighted by Crippen LogP contribution is 2.35. The van der Waals surface area contributed by atoms with Crippen LogP contribution in [0.5, 0.6) is 0 Å². The molecule has 5 rings (SSSR count). The molecule has 0 unspecified atom stereocenters. The number of hydrogen-bond acceptors (Lipinski definition) is 9. The molecule has 1 aromatic carbocycles. The summed E-state index contributed by atoms with van der Waals surface area (Å²) in [4.78, 5) is 29.3. The van der Waals surface area contributed by atoms with Crippen molar-refractivity contribution >= 4 is 11.9 Å². The van der Waals surface area contributed by atoms with Gasteiger partial charge in [-0.05, 0) is 43.7 Å². The molecule has 0 spiro atoms. The Hall–Kier alpha value is -3.45. The maximum absolute atomic E-state index is 13.7. The Kier molecular flexibility index (Phi) is 7.65. The van der Waals surface area contributed by atoms with Crippen molar-refractivity contribution in [2.75, 3.05) is 51.1 Å². The molecule has 0 radical (unpaired) electrons. The molecule has 3 N–H and O–H groups in total. The number of aromatic amines is 1. The number of rotatable bonds is 8. The van der Waals surface area contributed by atoms with Crippen LogP contribution in [0.25, 0.3) is 22.6 Å². The first-order valence-electron chi connectivity index (χ1n) is 12.7. The van der Waals surface area contributed by atoms with Gasteiger partial charge in [-0.2, -0.15) is 0 Å². The Morgan fingerprint density at radius 1 is 1.18 bits per heavy atom. The maximum atomic E-state index is 13.7. The first-order chi connectivity index (χ1) is 18.4. The SMILES string of the molecule is CCCN(c1nccc(-c2[nH]c(C3OCC(C)(C(N)=O)CO3)nc2-c2ccc(F)cc2)n1)N1CCOCC1. The van der Waals surface area contributed by atoms with Crippen molar-refractivity contribution in [2.24, 2.45) is 11.1 Å². The highest BCUT2D eigenvalue weighted by atomic mass is 19.1. The second-order valence-electron chi connectivity index (χ2n) is 9.66. The second-order valence-corrected chi connectivity index (χ2v) is 9.66. The van der Waals surface area contributed by atoms with Crippen LogP contribution in [-0.4, -0.2) is 76.9 Å². The minimum Gasteiger partial charge on any atom is -0.379 e. The molecule has 202 valence electrons. The largest absolute Gasteiger partial charge is 0.379 e. The van der Waals surface area contributed by atoms with Crippen LogP contribution in [0.4, 0.5) is 10.3 Å². The van der Waals surface area contributed by atoms with Crippen molar-refractivity contribution in [1.82, 2.24) is 24.9 Å². The average molecular weight is 526 g/mol. The lowest BCUT2D eigenvalue weighted by Crippen LogP contribution is -2.50. The lowest BCUT2D eigenvalue weighted by Gasteiger charge is -2.37. The number of H-pyrrole nitrogens is 1. The lowest BCUT2D eigenvalue weighted by atomic mass is 9.91. The Morgan fingerprint density at radius 3 is 2.55 bits per heavy atom. The minimum absolute atomic E-state index is 0.0953. The fraction of sp³-hybridized carbons (Fsp3) is 0.462. The molecular formula is C26H32FN7O4. The van der Waals surface area contributed by atoms with Crippen LogP contribution >= 0.6 is 0 Å². The van der Waals surface area contributed by atoms with Gasteiger partial charge < -0.3 is 24.9 Å². The molecule has 3 aromatic rings. The molecule has 2 saturated heterocycles. The van der Waals surface area contributed by atoms with Crippen molar-refractivity contribution in [3.63, 3.8) is 0 Å². The zero-order valence-electron chi connectivity index (χ0n) is 21.5. The van der Waals surface area contributed by atoms with Gasteiger partial charge in [-0.3, -0.25) is 9.80 Å². The zero-order valence-corrected chi connectivity index (χ0v) is 21.5. The number of primary amides is 1. The smallest absolute Gasteiger partial charge is 0.240 e. The number of benzene rings is 1. The van der Waals surface area contributed by atoms with Gasteiger partial charge >= 0.3 is 0 Å². The number of aromatic nitrogens is 4. The molecular weight excluding hydrogens is 493 g/mol. The quantitative estimate of drug-likeness (QED) is 0.456. The van der Waals surface area contributed by atoms with Gasteiger partial charge in [0.25, 0.3) is 0 Å². The standard InChI is InChI=1S/C26H32FN7O4/c1-3-10-34(33-11-13-36-14-12-33)25-29-9-8-19(30-25)21-20(17-4-6-18(27)7-5-17)31-22(32-21)23-37-15-26(2,16-38-23)24(28)35/h4-9,23H,3,10-16H2,1-2H3,(H2,28,35)(H,31,32). The van der Waals surface area contributed by atoms with Crippen LogP contribution in [0.3, 0.4) is 0 Å². The Morgan fingerprint density at radius 2 is 1.89 bits per heavy atom. The van der Waals surface area contributed by atoms with Gasteiger partial charge in [-0.1, -0.05) is 6.92 Å². The number of amides is 1. The van der Waals surface area contributed by atoms with Crippen LogP contribution in [-0.2, 0) is 19.0 Å². The van der Waals surface area contributed by atoms with E-state index < -0.39 is 17.6 Å². The lowest BCUT2D eigenvalue weighted by molar-refractivity contribution is -0.230. The van der Waals surface area contributed by atoms with E-state index in [1.165, 1.54) is 12.1 Å². The molecule has 4 heterocycles. The summed E-state index contributed by atoms with van der Waals surface area (Å²) in [5.74, 6) is 0.133. The summed E-state index contributed by atoms with van der Waals surface area (Å²) in [6, 6.07) is 7.87. The Bertz CT molecular complexity index is 1250. The Labute approximate surface area is 220 Å².